The first kappa shape index (κ1) is 13.6. The van der Waals surface area contributed by atoms with Gasteiger partial charge in [0.25, 0.3) is 5.91 Å². The van der Waals surface area contributed by atoms with Gasteiger partial charge in [-0.05, 0) is 13.8 Å². The van der Waals surface area contributed by atoms with E-state index in [1.807, 2.05) is 6.92 Å². The van der Waals surface area contributed by atoms with Crippen LogP contribution in [0.25, 0.3) is 0 Å². The average Bonchev–Trinajstić information content (AvgIpc) is 2.83. The number of nitrogens with one attached hydrogen (secondary N) is 1. The maximum absolute atomic E-state index is 12.2. The van der Waals surface area contributed by atoms with Gasteiger partial charge in [-0.1, -0.05) is 12.2 Å². The molecule has 0 saturated heterocycles. The van der Waals surface area contributed by atoms with Gasteiger partial charge < -0.3 is 11.1 Å². The van der Waals surface area contributed by atoms with Crippen LogP contribution in [0, 0.1) is 13.8 Å². The SMILES string of the molecule is Cc1nc(C)c(C(=O)Nc2c(C(N)=S)cnn2C)s1. The third kappa shape index (κ3) is 2.64. The fourth-order valence-corrected chi connectivity index (χ4v) is 2.64. The summed E-state index contributed by atoms with van der Waals surface area (Å²) in [6.07, 6.45) is 1.53. The number of nitrogens with zero attached hydrogens (tertiary/aromatic N) is 3. The van der Waals surface area contributed by atoms with E-state index in [2.05, 4.69) is 15.4 Å². The monoisotopic (exact) mass is 295 g/mol. The average molecular weight is 295 g/mol. The Morgan fingerprint density at radius 1 is 1.53 bits per heavy atom. The van der Waals surface area contributed by atoms with Crippen molar-refractivity contribution in [3.05, 3.63) is 27.3 Å². The van der Waals surface area contributed by atoms with Gasteiger partial charge in [0.15, 0.2) is 0 Å². The molecule has 0 radical (unpaired) electrons. The van der Waals surface area contributed by atoms with Crippen LogP contribution in [0.3, 0.4) is 0 Å². The van der Waals surface area contributed by atoms with E-state index in [-0.39, 0.29) is 10.9 Å². The molecule has 0 spiro atoms. The fraction of sp³-hybridized carbons (Fsp3) is 0.273. The molecule has 3 N–H and O–H groups in total. The van der Waals surface area contributed by atoms with E-state index in [0.717, 1.165) is 5.01 Å². The first-order valence-corrected chi connectivity index (χ1v) is 6.69. The Labute approximate surface area is 119 Å². The standard InChI is InChI=1S/C11H13N5OS2/c1-5-8(19-6(2)14-5)11(17)15-10-7(9(12)18)4-13-16(10)3/h4H,1-3H3,(H2,12,18)(H,15,17). The molecule has 2 heterocycles. The van der Waals surface area contributed by atoms with Gasteiger partial charge in [-0.15, -0.1) is 11.3 Å². The highest BCUT2D eigenvalue weighted by molar-refractivity contribution is 7.80. The van der Waals surface area contributed by atoms with Crippen LogP contribution in [0.1, 0.15) is 25.9 Å². The van der Waals surface area contributed by atoms with E-state index in [1.165, 1.54) is 22.2 Å². The Morgan fingerprint density at radius 3 is 2.74 bits per heavy atom. The lowest BCUT2D eigenvalue weighted by Gasteiger charge is -2.06. The molecule has 2 aromatic heterocycles. The maximum atomic E-state index is 12.2. The minimum Gasteiger partial charge on any atom is -0.389 e. The van der Waals surface area contributed by atoms with Gasteiger partial charge in [0.05, 0.1) is 22.5 Å². The van der Waals surface area contributed by atoms with Crippen LogP contribution < -0.4 is 11.1 Å². The molecule has 0 aliphatic rings. The van der Waals surface area contributed by atoms with Crippen LogP contribution in [0.5, 0.6) is 0 Å². The lowest BCUT2D eigenvalue weighted by Crippen LogP contribution is -2.18. The molecular formula is C11H13N5OS2. The molecule has 1 amide bonds. The van der Waals surface area contributed by atoms with Crippen molar-refractivity contribution in [2.45, 2.75) is 13.8 Å². The molecule has 0 aromatic carbocycles. The van der Waals surface area contributed by atoms with E-state index in [0.29, 0.717) is 22.0 Å². The van der Waals surface area contributed by atoms with Crippen molar-refractivity contribution in [2.24, 2.45) is 12.8 Å². The van der Waals surface area contributed by atoms with Gasteiger partial charge in [0.1, 0.15) is 15.7 Å². The molecular weight excluding hydrogens is 282 g/mol. The summed E-state index contributed by atoms with van der Waals surface area (Å²) in [5.41, 5.74) is 6.85. The van der Waals surface area contributed by atoms with Crippen molar-refractivity contribution in [2.75, 3.05) is 5.32 Å². The van der Waals surface area contributed by atoms with Crippen molar-refractivity contribution in [1.82, 2.24) is 14.8 Å². The van der Waals surface area contributed by atoms with Crippen molar-refractivity contribution in [1.29, 1.82) is 0 Å². The molecule has 2 rings (SSSR count). The van der Waals surface area contributed by atoms with Crippen molar-refractivity contribution >= 4 is 40.3 Å². The van der Waals surface area contributed by atoms with E-state index in [9.17, 15) is 4.79 Å². The smallest absolute Gasteiger partial charge is 0.268 e. The van der Waals surface area contributed by atoms with Crippen molar-refractivity contribution < 1.29 is 4.79 Å². The quantitative estimate of drug-likeness (QED) is 0.836. The lowest BCUT2D eigenvalue weighted by molar-refractivity contribution is 0.102. The number of aromatic nitrogens is 3. The molecule has 6 nitrogen and oxygen atoms in total. The summed E-state index contributed by atoms with van der Waals surface area (Å²) >= 11 is 6.27. The third-order valence-corrected chi connectivity index (χ3v) is 3.84. The third-order valence-electron chi connectivity index (χ3n) is 2.55. The first-order valence-electron chi connectivity index (χ1n) is 5.47. The molecule has 2 aromatic rings. The van der Waals surface area contributed by atoms with Gasteiger partial charge in [-0.3, -0.25) is 9.48 Å². The molecule has 8 heteroatoms. The van der Waals surface area contributed by atoms with Gasteiger partial charge in [-0.25, -0.2) is 4.98 Å². The Hall–Kier alpha value is -1.80. The summed E-state index contributed by atoms with van der Waals surface area (Å²) < 4.78 is 1.52. The first-order chi connectivity index (χ1) is 8.90. The molecule has 0 aliphatic heterocycles. The summed E-state index contributed by atoms with van der Waals surface area (Å²) in [6, 6.07) is 0. The number of nitrogens with two attached hydrogens (primary N) is 1. The van der Waals surface area contributed by atoms with E-state index >= 15 is 0 Å². The highest BCUT2D eigenvalue weighted by atomic mass is 32.1. The number of aryl methyl sites for hydroxylation is 3. The Morgan fingerprint density at radius 2 is 2.21 bits per heavy atom. The second kappa shape index (κ2) is 5.06. The predicted molar refractivity (Wildman–Crippen MR) is 78.6 cm³/mol. The van der Waals surface area contributed by atoms with Crippen molar-refractivity contribution in [3.8, 4) is 0 Å². The Balaban J connectivity index is 2.31. The number of carbonyl (C=O) groups is 1. The lowest BCUT2D eigenvalue weighted by atomic mass is 10.3. The molecule has 19 heavy (non-hydrogen) atoms. The summed E-state index contributed by atoms with van der Waals surface area (Å²) in [5, 5.41) is 7.66. The van der Waals surface area contributed by atoms with E-state index in [4.69, 9.17) is 18.0 Å². The van der Waals surface area contributed by atoms with Crippen LogP contribution in [0.4, 0.5) is 5.82 Å². The van der Waals surface area contributed by atoms with Crippen LogP contribution in [0.15, 0.2) is 6.20 Å². The number of thiazole rings is 1. The zero-order valence-corrected chi connectivity index (χ0v) is 12.4. The van der Waals surface area contributed by atoms with Crippen molar-refractivity contribution in [3.63, 3.8) is 0 Å². The number of amides is 1. The molecule has 0 aliphatic carbocycles. The zero-order valence-electron chi connectivity index (χ0n) is 10.7. The van der Waals surface area contributed by atoms with Crippen LogP contribution in [0.2, 0.25) is 0 Å². The Kier molecular flexibility index (Phi) is 3.63. The van der Waals surface area contributed by atoms with Gasteiger partial charge in [0, 0.05) is 7.05 Å². The van der Waals surface area contributed by atoms with E-state index in [1.54, 1.807) is 14.0 Å². The summed E-state index contributed by atoms with van der Waals surface area (Å²) in [7, 11) is 1.71. The van der Waals surface area contributed by atoms with Crippen LogP contribution >= 0.6 is 23.6 Å². The minimum absolute atomic E-state index is 0.195. The molecule has 100 valence electrons. The summed E-state index contributed by atoms with van der Waals surface area (Å²) in [6.45, 7) is 3.66. The van der Waals surface area contributed by atoms with Crippen LogP contribution in [-0.4, -0.2) is 25.7 Å². The van der Waals surface area contributed by atoms with Gasteiger partial charge >= 0.3 is 0 Å². The highest BCUT2D eigenvalue weighted by Crippen LogP contribution is 2.20. The Bertz CT molecular complexity index is 658. The van der Waals surface area contributed by atoms with Crippen LogP contribution in [-0.2, 0) is 7.05 Å². The number of hydrogen-bond donors (Lipinski definition) is 2. The number of rotatable bonds is 3. The molecule has 0 fully saturated rings. The number of hydrogen-bond acceptors (Lipinski definition) is 5. The highest BCUT2D eigenvalue weighted by Gasteiger charge is 2.18. The molecule has 0 bridgehead atoms. The number of anilines is 1. The second-order valence-electron chi connectivity index (χ2n) is 4.00. The van der Waals surface area contributed by atoms with Gasteiger partial charge in [-0.2, -0.15) is 5.10 Å². The number of thiocarbonyl (C=S) groups is 1. The molecule has 0 atom stereocenters. The molecule has 0 unspecified atom stereocenters. The number of carbonyl (C=O) groups excluding carboxylic acids is 1. The zero-order chi connectivity index (χ0) is 14.2. The molecule has 0 saturated carbocycles. The summed E-state index contributed by atoms with van der Waals surface area (Å²) in [4.78, 5) is 17.2. The summed E-state index contributed by atoms with van der Waals surface area (Å²) in [5.74, 6) is 0.257. The predicted octanol–water partition coefficient (Wildman–Crippen LogP) is 1.38. The normalized spacial score (nSPS) is 10.5. The maximum Gasteiger partial charge on any atom is 0.268 e. The largest absolute Gasteiger partial charge is 0.389 e. The second-order valence-corrected chi connectivity index (χ2v) is 5.64. The minimum atomic E-state index is -0.232. The fourth-order valence-electron chi connectivity index (χ4n) is 1.67. The van der Waals surface area contributed by atoms with Gasteiger partial charge in [0.2, 0.25) is 0 Å². The van der Waals surface area contributed by atoms with E-state index < -0.39 is 0 Å². The topological polar surface area (TPSA) is 85.8 Å².